The number of amides is 3. The lowest BCUT2D eigenvalue weighted by Gasteiger charge is -2.23. The first-order valence-corrected chi connectivity index (χ1v) is 10.1. The lowest BCUT2D eigenvalue weighted by Crippen LogP contribution is -2.45. The maximum Gasteiger partial charge on any atom is 0.266 e. The Balaban J connectivity index is 1.65. The van der Waals surface area contributed by atoms with Gasteiger partial charge in [-0.15, -0.1) is 0 Å². The number of ether oxygens (including phenoxy) is 2. The maximum atomic E-state index is 12.9. The Morgan fingerprint density at radius 3 is 2.62 bits per heavy atom. The fraction of sp³-hybridized carbons (Fsp3) is 0.364. The molecule has 170 valence electrons. The molecule has 10 heteroatoms. The minimum absolute atomic E-state index is 0.147. The zero-order chi connectivity index (χ0) is 23.1. The second-order valence-corrected chi connectivity index (χ2v) is 7.38. The molecule has 1 fully saturated rings. The summed E-state index contributed by atoms with van der Waals surface area (Å²) in [5.41, 5.74) is 2.87. The highest BCUT2D eigenvalue weighted by Crippen LogP contribution is 2.28. The molecule has 1 aliphatic rings. The molecule has 3 amide bonds. The number of hydrogen-bond donors (Lipinski definition) is 3. The van der Waals surface area contributed by atoms with Crippen LogP contribution in [0.5, 0.6) is 11.5 Å². The average molecular weight is 442 g/mol. The van der Waals surface area contributed by atoms with E-state index in [1.54, 1.807) is 43.1 Å². The van der Waals surface area contributed by atoms with Gasteiger partial charge in [-0.1, -0.05) is 6.07 Å². The van der Waals surface area contributed by atoms with Crippen LogP contribution in [0, 0.1) is 0 Å². The number of nitrogens with zero attached hydrogens (tertiary/aromatic N) is 2. The van der Waals surface area contributed by atoms with Crippen LogP contribution >= 0.6 is 0 Å². The van der Waals surface area contributed by atoms with Crippen molar-refractivity contribution in [1.29, 1.82) is 0 Å². The molecule has 10 nitrogen and oxygen atoms in total. The van der Waals surface area contributed by atoms with E-state index in [1.165, 1.54) is 18.2 Å². The molecule has 0 saturated carbocycles. The van der Waals surface area contributed by atoms with Crippen molar-refractivity contribution in [2.75, 3.05) is 20.8 Å². The van der Waals surface area contributed by atoms with Crippen LogP contribution in [0.3, 0.4) is 0 Å². The minimum Gasteiger partial charge on any atom is -0.493 e. The third-order valence-corrected chi connectivity index (χ3v) is 5.37. The Morgan fingerprint density at radius 2 is 1.97 bits per heavy atom. The number of rotatable bonds is 8. The Morgan fingerprint density at radius 1 is 1.19 bits per heavy atom. The summed E-state index contributed by atoms with van der Waals surface area (Å²) >= 11 is 0. The van der Waals surface area contributed by atoms with Gasteiger partial charge < -0.3 is 19.7 Å². The fourth-order valence-electron chi connectivity index (χ4n) is 3.74. The SMILES string of the molecule is COc1ccc(CCC(=O)N2C[C@@H](NC(=O)c3cccnc3)C[C@H]2C(=O)NO)cc1OC. The number of aryl methyl sites for hydroxylation is 1. The summed E-state index contributed by atoms with van der Waals surface area (Å²) in [4.78, 5) is 42.8. The van der Waals surface area contributed by atoms with E-state index in [-0.39, 0.29) is 31.2 Å². The monoisotopic (exact) mass is 442 g/mol. The van der Waals surface area contributed by atoms with Crippen molar-refractivity contribution < 1.29 is 29.1 Å². The van der Waals surface area contributed by atoms with Crippen molar-refractivity contribution >= 4 is 17.7 Å². The first kappa shape index (κ1) is 23.0. The van der Waals surface area contributed by atoms with Crippen molar-refractivity contribution in [3.63, 3.8) is 0 Å². The largest absolute Gasteiger partial charge is 0.493 e. The molecule has 0 bridgehead atoms. The number of carbonyl (C=O) groups is 3. The number of hydrogen-bond acceptors (Lipinski definition) is 7. The van der Waals surface area contributed by atoms with Gasteiger partial charge in [0.05, 0.1) is 19.8 Å². The molecule has 2 heterocycles. The van der Waals surface area contributed by atoms with Crippen molar-refractivity contribution in [1.82, 2.24) is 20.7 Å². The van der Waals surface area contributed by atoms with Crippen LogP contribution in [0.4, 0.5) is 0 Å². The smallest absolute Gasteiger partial charge is 0.266 e. The molecule has 3 rings (SSSR count). The van der Waals surface area contributed by atoms with Gasteiger partial charge in [-0.2, -0.15) is 0 Å². The van der Waals surface area contributed by atoms with Gasteiger partial charge in [0.15, 0.2) is 11.5 Å². The van der Waals surface area contributed by atoms with Gasteiger partial charge in [-0.3, -0.25) is 24.6 Å². The first-order chi connectivity index (χ1) is 15.5. The first-order valence-electron chi connectivity index (χ1n) is 10.1. The summed E-state index contributed by atoms with van der Waals surface area (Å²) < 4.78 is 10.5. The number of benzene rings is 1. The summed E-state index contributed by atoms with van der Waals surface area (Å²) in [5.74, 6) is -0.136. The maximum absolute atomic E-state index is 12.9. The zero-order valence-corrected chi connectivity index (χ0v) is 17.9. The molecule has 1 aromatic carbocycles. The van der Waals surface area contributed by atoms with Crippen LogP contribution in [0.1, 0.15) is 28.8 Å². The van der Waals surface area contributed by atoms with Crippen LogP contribution in [0.2, 0.25) is 0 Å². The van der Waals surface area contributed by atoms with E-state index >= 15 is 0 Å². The summed E-state index contributed by atoms with van der Waals surface area (Å²) in [5, 5.41) is 11.9. The Kier molecular flexibility index (Phi) is 7.61. The second-order valence-electron chi connectivity index (χ2n) is 7.38. The average Bonchev–Trinajstić information content (AvgIpc) is 3.26. The quantitative estimate of drug-likeness (QED) is 0.410. The molecule has 0 spiro atoms. The van der Waals surface area contributed by atoms with E-state index in [2.05, 4.69) is 10.3 Å². The van der Waals surface area contributed by atoms with Crippen molar-refractivity contribution in [3.05, 3.63) is 53.9 Å². The van der Waals surface area contributed by atoms with Gasteiger partial charge in [-0.25, -0.2) is 5.48 Å². The highest BCUT2D eigenvalue weighted by molar-refractivity contribution is 5.94. The number of aromatic nitrogens is 1. The Labute approximate surface area is 185 Å². The molecule has 0 unspecified atom stereocenters. The highest BCUT2D eigenvalue weighted by Gasteiger charge is 2.40. The van der Waals surface area contributed by atoms with E-state index in [4.69, 9.17) is 14.7 Å². The number of likely N-dealkylation sites (tertiary alicyclic amines) is 1. The minimum atomic E-state index is -0.878. The van der Waals surface area contributed by atoms with Crippen molar-refractivity contribution in [2.45, 2.75) is 31.3 Å². The number of nitrogens with one attached hydrogen (secondary N) is 2. The number of pyridine rings is 1. The summed E-state index contributed by atoms with van der Waals surface area (Å²) in [7, 11) is 3.08. The number of carbonyl (C=O) groups excluding carboxylic acids is 3. The molecule has 0 aliphatic carbocycles. The van der Waals surface area contributed by atoms with Gasteiger partial charge >= 0.3 is 0 Å². The molecule has 3 N–H and O–H groups in total. The van der Waals surface area contributed by atoms with Crippen LogP contribution in [-0.4, -0.2) is 65.7 Å². The normalized spacial score (nSPS) is 17.5. The molecular weight excluding hydrogens is 416 g/mol. The van der Waals surface area contributed by atoms with Gasteiger partial charge in [0.25, 0.3) is 11.8 Å². The second kappa shape index (κ2) is 10.6. The lowest BCUT2D eigenvalue weighted by molar-refractivity contribution is -0.142. The standard InChI is InChI=1S/C22H26N4O6/c1-31-18-7-5-14(10-19(18)32-2)6-8-20(27)26-13-16(11-17(26)22(29)25-30)24-21(28)15-4-3-9-23-12-15/h3-5,7,9-10,12,16-17,30H,6,8,11,13H2,1-2H3,(H,24,28)(H,25,29)/t16-,17-/m0/s1. The molecule has 1 saturated heterocycles. The third-order valence-electron chi connectivity index (χ3n) is 5.37. The summed E-state index contributed by atoms with van der Waals surface area (Å²) in [6, 6.07) is 7.36. The predicted octanol–water partition coefficient (Wildman–Crippen LogP) is 0.936. The van der Waals surface area contributed by atoms with E-state index in [0.717, 1.165) is 5.56 Å². The number of methoxy groups -OCH3 is 2. The molecule has 1 aromatic heterocycles. The Bertz CT molecular complexity index is 968. The molecule has 1 aliphatic heterocycles. The Hall–Kier alpha value is -3.66. The van der Waals surface area contributed by atoms with Gasteiger partial charge in [0, 0.05) is 31.4 Å². The van der Waals surface area contributed by atoms with Crippen LogP contribution in [0.15, 0.2) is 42.7 Å². The van der Waals surface area contributed by atoms with E-state index in [1.807, 2.05) is 6.07 Å². The third kappa shape index (κ3) is 5.33. The van der Waals surface area contributed by atoms with Gasteiger partial charge in [0.1, 0.15) is 6.04 Å². The molecule has 32 heavy (non-hydrogen) atoms. The van der Waals surface area contributed by atoms with Crippen LogP contribution in [-0.2, 0) is 16.0 Å². The van der Waals surface area contributed by atoms with E-state index in [0.29, 0.717) is 23.5 Å². The molecule has 2 atom stereocenters. The van der Waals surface area contributed by atoms with E-state index < -0.39 is 18.0 Å². The van der Waals surface area contributed by atoms with Gasteiger partial charge in [-0.05, 0) is 42.7 Å². The summed E-state index contributed by atoms with van der Waals surface area (Å²) in [6.07, 6.45) is 3.77. The van der Waals surface area contributed by atoms with Crippen molar-refractivity contribution in [3.8, 4) is 11.5 Å². The van der Waals surface area contributed by atoms with E-state index in [9.17, 15) is 14.4 Å². The molecular formula is C22H26N4O6. The fourth-order valence-corrected chi connectivity index (χ4v) is 3.74. The topological polar surface area (TPSA) is 130 Å². The summed E-state index contributed by atoms with van der Waals surface area (Å²) in [6.45, 7) is 0.162. The van der Waals surface area contributed by atoms with Crippen LogP contribution in [0.25, 0.3) is 0 Å². The van der Waals surface area contributed by atoms with Crippen molar-refractivity contribution in [2.24, 2.45) is 0 Å². The highest BCUT2D eigenvalue weighted by atomic mass is 16.5. The molecule has 0 radical (unpaired) electrons. The predicted molar refractivity (Wildman–Crippen MR) is 113 cm³/mol. The lowest BCUT2D eigenvalue weighted by atomic mass is 10.1. The number of hydroxylamine groups is 1. The molecule has 2 aromatic rings. The zero-order valence-electron chi connectivity index (χ0n) is 17.9. The van der Waals surface area contributed by atoms with Crippen LogP contribution < -0.4 is 20.3 Å². The van der Waals surface area contributed by atoms with Gasteiger partial charge in [0.2, 0.25) is 5.91 Å².